The van der Waals surface area contributed by atoms with Crippen LogP contribution in [0.15, 0.2) is 0 Å². The Hall–Kier alpha value is -0.610. The molecule has 0 aliphatic carbocycles. The largest absolute Gasteiger partial charge is 0.481 e. The first-order valence-corrected chi connectivity index (χ1v) is 7.69. The maximum atomic E-state index is 11.1. The highest BCUT2D eigenvalue weighted by molar-refractivity contribution is 5.73. The predicted molar refractivity (Wildman–Crippen MR) is 76.3 cm³/mol. The van der Waals surface area contributed by atoms with Crippen LogP contribution in [-0.4, -0.2) is 59.6 Å². The molecule has 1 atom stereocenters. The Labute approximate surface area is 116 Å². The van der Waals surface area contributed by atoms with Crippen molar-refractivity contribution < 1.29 is 9.90 Å². The van der Waals surface area contributed by atoms with Crippen LogP contribution in [0, 0.1) is 5.41 Å². The molecule has 19 heavy (non-hydrogen) atoms. The average Bonchev–Trinajstić information content (AvgIpc) is 2.68. The molecule has 2 heterocycles. The summed E-state index contributed by atoms with van der Waals surface area (Å²) in [4.78, 5) is 16.3. The Bertz CT molecular complexity index is 317. The van der Waals surface area contributed by atoms with Gasteiger partial charge in [-0.2, -0.15) is 0 Å². The summed E-state index contributed by atoms with van der Waals surface area (Å²) >= 11 is 0. The van der Waals surface area contributed by atoms with Gasteiger partial charge in [-0.3, -0.25) is 9.69 Å². The first-order valence-electron chi connectivity index (χ1n) is 7.69. The molecule has 2 aliphatic heterocycles. The fourth-order valence-electron chi connectivity index (χ4n) is 3.34. The van der Waals surface area contributed by atoms with E-state index in [1.807, 2.05) is 13.8 Å². The first kappa shape index (κ1) is 14.8. The van der Waals surface area contributed by atoms with Crippen molar-refractivity contribution in [2.45, 2.75) is 52.0 Å². The Morgan fingerprint density at radius 3 is 2.74 bits per heavy atom. The fraction of sp³-hybridized carbons (Fsp3) is 0.933. The van der Waals surface area contributed by atoms with Crippen LogP contribution in [0.3, 0.4) is 0 Å². The number of carboxylic acids is 1. The van der Waals surface area contributed by atoms with Gasteiger partial charge in [0.25, 0.3) is 0 Å². The van der Waals surface area contributed by atoms with Crippen molar-refractivity contribution in [2.24, 2.45) is 5.41 Å². The summed E-state index contributed by atoms with van der Waals surface area (Å²) in [5, 5.41) is 9.13. The normalized spacial score (nSPS) is 26.1. The lowest BCUT2D eigenvalue weighted by molar-refractivity contribution is -0.147. The summed E-state index contributed by atoms with van der Waals surface area (Å²) in [6.07, 6.45) is 5.72. The maximum absolute atomic E-state index is 11.1. The van der Waals surface area contributed by atoms with E-state index in [0.717, 1.165) is 25.4 Å². The van der Waals surface area contributed by atoms with Crippen LogP contribution in [0.4, 0.5) is 0 Å². The van der Waals surface area contributed by atoms with Gasteiger partial charge in [-0.05, 0) is 72.1 Å². The van der Waals surface area contributed by atoms with E-state index in [2.05, 4.69) is 9.80 Å². The molecule has 0 aromatic rings. The predicted octanol–water partition coefficient (Wildman–Crippen LogP) is 2.05. The van der Waals surface area contributed by atoms with Crippen molar-refractivity contribution >= 4 is 5.97 Å². The zero-order chi connectivity index (χ0) is 13.9. The molecule has 110 valence electrons. The van der Waals surface area contributed by atoms with Gasteiger partial charge in [0.1, 0.15) is 0 Å². The van der Waals surface area contributed by atoms with Crippen LogP contribution in [0.5, 0.6) is 0 Å². The van der Waals surface area contributed by atoms with E-state index in [-0.39, 0.29) is 0 Å². The smallest absolute Gasteiger partial charge is 0.309 e. The molecule has 0 saturated carbocycles. The van der Waals surface area contributed by atoms with Gasteiger partial charge in [-0.15, -0.1) is 0 Å². The number of carbonyl (C=O) groups is 1. The van der Waals surface area contributed by atoms with Gasteiger partial charge in [0, 0.05) is 12.6 Å². The molecule has 2 aliphatic rings. The lowest BCUT2D eigenvalue weighted by atomic mass is 9.88. The van der Waals surface area contributed by atoms with Crippen LogP contribution in [0.2, 0.25) is 0 Å². The Balaban J connectivity index is 1.75. The minimum absolute atomic E-state index is 0.578. The van der Waals surface area contributed by atoms with E-state index in [9.17, 15) is 4.79 Å². The molecule has 0 amide bonds. The molecule has 0 bridgehead atoms. The Kier molecular flexibility index (Phi) is 4.85. The number of hydrogen-bond acceptors (Lipinski definition) is 3. The number of nitrogens with zero attached hydrogens (tertiary/aromatic N) is 2. The summed E-state index contributed by atoms with van der Waals surface area (Å²) in [5.74, 6) is -0.676. The topological polar surface area (TPSA) is 43.8 Å². The third-order valence-corrected chi connectivity index (χ3v) is 4.74. The molecule has 2 fully saturated rings. The third-order valence-electron chi connectivity index (χ3n) is 4.74. The van der Waals surface area contributed by atoms with E-state index in [4.69, 9.17) is 5.11 Å². The van der Waals surface area contributed by atoms with Gasteiger partial charge >= 0.3 is 5.97 Å². The number of rotatable bonds is 5. The number of hydrogen-bond donors (Lipinski definition) is 1. The summed E-state index contributed by atoms with van der Waals surface area (Å²) in [5.41, 5.74) is -0.578. The second-order valence-corrected chi connectivity index (χ2v) is 6.78. The van der Waals surface area contributed by atoms with E-state index in [0.29, 0.717) is 0 Å². The average molecular weight is 268 g/mol. The Morgan fingerprint density at radius 1 is 1.26 bits per heavy atom. The SMILES string of the molecule is CC(C)(CCCN1CCCN2CCCC2C1)C(=O)O. The molecular weight excluding hydrogens is 240 g/mol. The van der Waals surface area contributed by atoms with Gasteiger partial charge in [-0.1, -0.05) is 0 Å². The van der Waals surface area contributed by atoms with Crippen LogP contribution >= 0.6 is 0 Å². The van der Waals surface area contributed by atoms with Gasteiger partial charge in [0.2, 0.25) is 0 Å². The van der Waals surface area contributed by atoms with E-state index in [1.165, 1.54) is 45.4 Å². The molecule has 4 heteroatoms. The number of aliphatic carboxylic acids is 1. The van der Waals surface area contributed by atoms with Crippen LogP contribution in [0.25, 0.3) is 0 Å². The molecule has 1 N–H and O–H groups in total. The van der Waals surface area contributed by atoms with Gasteiger partial charge in [0.05, 0.1) is 5.41 Å². The van der Waals surface area contributed by atoms with E-state index < -0.39 is 11.4 Å². The van der Waals surface area contributed by atoms with Gasteiger partial charge in [0.15, 0.2) is 0 Å². The van der Waals surface area contributed by atoms with Gasteiger partial charge < -0.3 is 10.0 Å². The molecule has 0 aromatic carbocycles. The highest BCUT2D eigenvalue weighted by Crippen LogP contribution is 2.24. The fourth-order valence-corrected chi connectivity index (χ4v) is 3.34. The molecular formula is C15H28N2O2. The summed E-state index contributed by atoms with van der Waals surface area (Å²) in [6.45, 7) is 9.62. The van der Waals surface area contributed by atoms with Crippen molar-refractivity contribution in [3.63, 3.8) is 0 Å². The lowest BCUT2D eigenvalue weighted by Gasteiger charge is -2.26. The van der Waals surface area contributed by atoms with Crippen molar-refractivity contribution in [3.05, 3.63) is 0 Å². The van der Waals surface area contributed by atoms with Crippen molar-refractivity contribution in [1.29, 1.82) is 0 Å². The van der Waals surface area contributed by atoms with E-state index >= 15 is 0 Å². The van der Waals surface area contributed by atoms with Crippen LogP contribution in [0.1, 0.15) is 46.0 Å². The summed E-state index contributed by atoms with van der Waals surface area (Å²) in [6, 6.07) is 0.759. The minimum Gasteiger partial charge on any atom is -0.481 e. The molecule has 2 rings (SSSR count). The lowest BCUT2D eigenvalue weighted by Crippen LogP contribution is -2.37. The van der Waals surface area contributed by atoms with Crippen molar-refractivity contribution in [1.82, 2.24) is 9.80 Å². The quantitative estimate of drug-likeness (QED) is 0.829. The van der Waals surface area contributed by atoms with Crippen LogP contribution < -0.4 is 0 Å². The molecule has 1 unspecified atom stereocenters. The molecule has 0 spiro atoms. The number of carboxylic acid groups (broad SMARTS) is 1. The van der Waals surface area contributed by atoms with Crippen LogP contribution in [-0.2, 0) is 4.79 Å². The molecule has 0 radical (unpaired) electrons. The highest BCUT2D eigenvalue weighted by Gasteiger charge is 2.30. The van der Waals surface area contributed by atoms with Crippen molar-refractivity contribution in [2.75, 3.05) is 32.7 Å². The highest BCUT2D eigenvalue weighted by atomic mass is 16.4. The molecule has 2 saturated heterocycles. The minimum atomic E-state index is -0.676. The van der Waals surface area contributed by atoms with E-state index in [1.54, 1.807) is 0 Å². The zero-order valence-electron chi connectivity index (χ0n) is 12.4. The zero-order valence-corrected chi connectivity index (χ0v) is 12.4. The second kappa shape index (κ2) is 6.23. The van der Waals surface area contributed by atoms with Gasteiger partial charge in [-0.25, -0.2) is 0 Å². The second-order valence-electron chi connectivity index (χ2n) is 6.78. The monoisotopic (exact) mass is 268 g/mol. The molecule has 0 aromatic heterocycles. The number of fused-ring (bicyclic) bond motifs is 1. The first-order chi connectivity index (χ1) is 8.99. The Morgan fingerprint density at radius 2 is 2.00 bits per heavy atom. The molecule has 4 nitrogen and oxygen atoms in total. The maximum Gasteiger partial charge on any atom is 0.309 e. The summed E-state index contributed by atoms with van der Waals surface area (Å²) < 4.78 is 0. The standard InChI is InChI=1S/C15H28N2O2/c1-15(2,14(18)19)7-4-8-16-9-5-11-17-10-3-6-13(17)12-16/h13H,3-12H2,1-2H3,(H,18,19). The summed E-state index contributed by atoms with van der Waals surface area (Å²) in [7, 11) is 0. The third kappa shape index (κ3) is 3.93. The van der Waals surface area contributed by atoms with Crippen molar-refractivity contribution in [3.8, 4) is 0 Å².